The molecule has 1 heterocycles. The zero-order valence-electron chi connectivity index (χ0n) is 14.5. The van der Waals surface area contributed by atoms with Gasteiger partial charge in [-0.15, -0.1) is 0 Å². The van der Waals surface area contributed by atoms with Gasteiger partial charge in [-0.2, -0.15) is 4.98 Å². The Morgan fingerprint density at radius 3 is 2.25 bits per heavy atom. The Balaban J connectivity index is 1.73. The number of nitro groups is 2. The van der Waals surface area contributed by atoms with E-state index >= 15 is 0 Å². The average Bonchev–Trinajstić information content (AvgIpc) is 3.15. The van der Waals surface area contributed by atoms with Gasteiger partial charge >= 0.3 is 0 Å². The number of non-ortho nitro benzene ring substituents is 2. The van der Waals surface area contributed by atoms with E-state index in [1.807, 2.05) is 31.2 Å². The molecule has 0 aliphatic carbocycles. The molecular weight excluding hydrogens is 370 g/mol. The second kappa shape index (κ2) is 7.61. The van der Waals surface area contributed by atoms with Gasteiger partial charge in [-0.3, -0.25) is 25.0 Å². The SMILES string of the molecule is Cc1ccc(-c2nc(CNC(=O)c3cc([N+](=O)[O-])cc([N+](=O)[O-])c3)no2)cc1. The van der Waals surface area contributed by atoms with Crippen molar-refractivity contribution in [2.24, 2.45) is 0 Å². The highest BCUT2D eigenvalue weighted by Crippen LogP contribution is 2.23. The average molecular weight is 383 g/mol. The van der Waals surface area contributed by atoms with Crippen molar-refractivity contribution < 1.29 is 19.2 Å². The van der Waals surface area contributed by atoms with Crippen molar-refractivity contribution in [3.8, 4) is 11.5 Å². The molecule has 3 aromatic rings. The minimum Gasteiger partial charge on any atom is -0.345 e. The Bertz CT molecular complexity index is 1030. The van der Waals surface area contributed by atoms with Crippen LogP contribution in [0.3, 0.4) is 0 Å². The molecule has 0 bridgehead atoms. The number of rotatable bonds is 6. The normalized spacial score (nSPS) is 10.5. The number of nitrogens with zero attached hydrogens (tertiary/aromatic N) is 4. The molecule has 11 nitrogen and oxygen atoms in total. The number of aryl methyl sites for hydroxylation is 1. The third kappa shape index (κ3) is 4.15. The van der Waals surface area contributed by atoms with Crippen molar-refractivity contribution in [1.29, 1.82) is 0 Å². The first-order valence-corrected chi connectivity index (χ1v) is 7.95. The lowest BCUT2D eigenvalue weighted by Gasteiger charge is -2.03. The first-order chi connectivity index (χ1) is 13.3. The summed E-state index contributed by atoms with van der Waals surface area (Å²) in [5.41, 5.74) is 0.455. The summed E-state index contributed by atoms with van der Waals surface area (Å²) in [6.07, 6.45) is 0. The maximum atomic E-state index is 12.2. The van der Waals surface area contributed by atoms with Crippen molar-refractivity contribution in [1.82, 2.24) is 15.5 Å². The molecule has 0 radical (unpaired) electrons. The summed E-state index contributed by atoms with van der Waals surface area (Å²) < 4.78 is 5.14. The minimum absolute atomic E-state index is 0.120. The van der Waals surface area contributed by atoms with E-state index in [0.29, 0.717) is 5.56 Å². The molecule has 11 heteroatoms. The van der Waals surface area contributed by atoms with Crippen molar-refractivity contribution in [3.05, 3.63) is 79.6 Å². The van der Waals surface area contributed by atoms with E-state index in [4.69, 9.17) is 4.52 Å². The zero-order valence-corrected chi connectivity index (χ0v) is 14.5. The van der Waals surface area contributed by atoms with Crippen molar-refractivity contribution in [2.75, 3.05) is 0 Å². The van der Waals surface area contributed by atoms with Crippen LogP contribution >= 0.6 is 0 Å². The number of hydrogen-bond donors (Lipinski definition) is 1. The highest BCUT2D eigenvalue weighted by Gasteiger charge is 2.20. The van der Waals surface area contributed by atoms with Crippen LogP contribution < -0.4 is 5.32 Å². The number of carbonyl (C=O) groups excluding carboxylic acids is 1. The number of benzene rings is 2. The van der Waals surface area contributed by atoms with Crippen LogP contribution in [0, 0.1) is 27.2 Å². The molecule has 0 unspecified atom stereocenters. The van der Waals surface area contributed by atoms with Gasteiger partial charge in [-0.1, -0.05) is 22.9 Å². The summed E-state index contributed by atoms with van der Waals surface area (Å²) >= 11 is 0. The predicted molar refractivity (Wildman–Crippen MR) is 95.4 cm³/mol. The van der Waals surface area contributed by atoms with Crippen molar-refractivity contribution in [2.45, 2.75) is 13.5 Å². The predicted octanol–water partition coefficient (Wildman–Crippen LogP) is 2.79. The van der Waals surface area contributed by atoms with Crippen LogP contribution in [0.2, 0.25) is 0 Å². The maximum absolute atomic E-state index is 12.2. The Morgan fingerprint density at radius 1 is 1.07 bits per heavy atom. The monoisotopic (exact) mass is 383 g/mol. The van der Waals surface area contributed by atoms with Crippen molar-refractivity contribution >= 4 is 17.3 Å². The van der Waals surface area contributed by atoms with Gasteiger partial charge in [0.05, 0.1) is 28.0 Å². The molecule has 0 aliphatic rings. The molecule has 2 aromatic carbocycles. The molecule has 0 saturated heterocycles. The molecule has 28 heavy (non-hydrogen) atoms. The molecule has 0 fully saturated rings. The molecule has 142 valence electrons. The summed E-state index contributed by atoms with van der Waals surface area (Å²) in [6, 6.07) is 10.1. The fraction of sp³-hybridized carbons (Fsp3) is 0.118. The standard InChI is InChI=1S/C17H13N5O6/c1-10-2-4-11(5-3-10)17-19-15(20-28-17)9-18-16(23)12-6-13(21(24)25)8-14(7-12)22(26)27/h2-8H,9H2,1H3,(H,18,23). The zero-order chi connectivity index (χ0) is 20.3. The Kier molecular flexibility index (Phi) is 5.07. The fourth-order valence-corrected chi connectivity index (χ4v) is 2.34. The summed E-state index contributed by atoms with van der Waals surface area (Å²) in [6.45, 7) is 1.82. The van der Waals surface area contributed by atoms with Gasteiger partial charge < -0.3 is 9.84 Å². The van der Waals surface area contributed by atoms with Gasteiger partial charge in [0, 0.05) is 17.7 Å². The van der Waals surface area contributed by atoms with Gasteiger partial charge in [0.15, 0.2) is 5.82 Å². The molecule has 3 rings (SSSR count). The third-order valence-corrected chi connectivity index (χ3v) is 3.76. The van der Waals surface area contributed by atoms with Crippen LogP contribution in [0.15, 0.2) is 47.0 Å². The van der Waals surface area contributed by atoms with Crippen LogP contribution in [0.25, 0.3) is 11.5 Å². The van der Waals surface area contributed by atoms with Gasteiger partial charge in [0.1, 0.15) is 0 Å². The molecular formula is C17H13N5O6. The molecule has 1 N–H and O–H groups in total. The van der Waals surface area contributed by atoms with Gasteiger partial charge in [-0.25, -0.2) is 0 Å². The highest BCUT2D eigenvalue weighted by atomic mass is 16.6. The minimum atomic E-state index is -0.809. The quantitative estimate of drug-likeness (QED) is 0.503. The fourth-order valence-electron chi connectivity index (χ4n) is 2.34. The summed E-state index contributed by atoms with van der Waals surface area (Å²) in [4.78, 5) is 36.6. The molecule has 0 atom stereocenters. The highest BCUT2D eigenvalue weighted by molar-refractivity contribution is 5.95. The molecule has 0 spiro atoms. The smallest absolute Gasteiger partial charge is 0.277 e. The van der Waals surface area contributed by atoms with E-state index in [2.05, 4.69) is 15.5 Å². The van der Waals surface area contributed by atoms with E-state index in [9.17, 15) is 25.0 Å². The number of amides is 1. The summed E-state index contributed by atoms with van der Waals surface area (Å²) in [5, 5.41) is 28.0. The summed E-state index contributed by atoms with van der Waals surface area (Å²) in [7, 11) is 0. The lowest BCUT2D eigenvalue weighted by Crippen LogP contribution is -2.23. The van der Waals surface area contributed by atoms with Crippen LogP contribution in [-0.2, 0) is 6.54 Å². The number of nitro benzene ring substituents is 2. The topological polar surface area (TPSA) is 154 Å². The Labute approximate surface area is 157 Å². The number of carbonyl (C=O) groups is 1. The van der Waals surface area contributed by atoms with E-state index in [1.54, 1.807) is 0 Å². The van der Waals surface area contributed by atoms with E-state index in [-0.39, 0.29) is 23.8 Å². The Morgan fingerprint density at radius 2 is 1.68 bits per heavy atom. The lowest BCUT2D eigenvalue weighted by atomic mass is 10.1. The van der Waals surface area contributed by atoms with Crippen LogP contribution in [0.5, 0.6) is 0 Å². The first-order valence-electron chi connectivity index (χ1n) is 7.95. The van der Waals surface area contributed by atoms with E-state index in [1.165, 1.54) is 0 Å². The number of nitrogens with one attached hydrogen (secondary N) is 1. The van der Waals surface area contributed by atoms with Crippen molar-refractivity contribution in [3.63, 3.8) is 0 Å². The van der Waals surface area contributed by atoms with Gasteiger partial charge in [0.25, 0.3) is 23.2 Å². The molecule has 1 aromatic heterocycles. The second-order valence-corrected chi connectivity index (χ2v) is 5.82. The van der Waals surface area contributed by atoms with Crippen LogP contribution in [0.1, 0.15) is 21.7 Å². The van der Waals surface area contributed by atoms with E-state index < -0.39 is 27.1 Å². The van der Waals surface area contributed by atoms with E-state index in [0.717, 1.165) is 23.8 Å². The van der Waals surface area contributed by atoms with Crippen LogP contribution in [0.4, 0.5) is 11.4 Å². The van der Waals surface area contributed by atoms with Crippen LogP contribution in [-0.4, -0.2) is 25.9 Å². The lowest BCUT2D eigenvalue weighted by molar-refractivity contribution is -0.394. The number of aromatic nitrogens is 2. The molecule has 1 amide bonds. The first kappa shape index (κ1) is 18.6. The molecule has 0 aliphatic heterocycles. The van der Waals surface area contributed by atoms with Gasteiger partial charge in [0.2, 0.25) is 0 Å². The maximum Gasteiger partial charge on any atom is 0.277 e. The van der Waals surface area contributed by atoms with Gasteiger partial charge in [-0.05, 0) is 19.1 Å². The number of hydrogen-bond acceptors (Lipinski definition) is 8. The largest absolute Gasteiger partial charge is 0.345 e. The molecule has 0 saturated carbocycles. The third-order valence-electron chi connectivity index (χ3n) is 3.76. The Hall–Kier alpha value is -4.15. The summed E-state index contributed by atoms with van der Waals surface area (Å²) in [5.74, 6) is -0.285. The second-order valence-electron chi connectivity index (χ2n) is 5.82.